The molecule has 0 saturated heterocycles. The second-order valence-electron chi connectivity index (χ2n) is 5.92. The fourth-order valence-corrected chi connectivity index (χ4v) is 3.35. The van der Waals surface area contributed by atoms with E-state index in [2.05, 4.69) is 0 Å². The number of esters is 1. The number of rotatable bonds is 4. The van der Waals surface area contributed by atoms with Crippen molar-refractivity contribution in [1.29, 1.82) is 0 Å². The number of sulfone groups is 1. The highest BCUT2D eigenvalue weighted by molar-refractivity contribution is 7.91. The molecule has 1 rings (SSSR count). The van der Waals surface area contributed by atoms with Crippen LogP contribution in [-0.2, 0) is 19.4 Å². The summed E-state index contributed by atoms with van der Waals surface area (Å²) in [5.41, 5.74) is 1.11. The molecule has 0 heterocycles. The topological polar surface area (TPSA) is 60.4 Å². The number of hydrogen-bond acceptors (Lipinski definition) is 4. The van der Waals surface area contributed by atoms with Crippen LogP contribution in [0.5, 0.6) is 0 Å². The zero-order valence-corrected chi connectivity index (χ0v) is 13.5. The predicted molar refractivity (Wildman–Crippen MR) is 78.4 cm³/mol. The molecule has 112 valence electrons. The second kappa shape index (κ2) is 5.95. The summed E-state index contributed by atoms with van der Waals surface area (Å²) < 4.78 is 29.6. The highest BCUT2D eigenvalue weighted by Gasteiger charge is 2.21. The maximum Gasteiger partial charge on any atom is 0.307 e. The van der Waals surface area contributed by atoms with Gasteiger partial charge in [-0.25, -0.2) is 8.42 Å². The van der Waals surface area contributed by atoms with Gasteiger partial charge in [0.1, 0.15) is 5.60 Å². The molecule has 0 fully saturated rings. The fraction of sp³-hybridized carbons (Fsp3) is 0.533. The number of carbonyl (C=O) groups excluding carboxylic acids is 1. The van der Waals surface area contributed by atoms with Gasteiger partial charge in [-0.3, -0.25) is 4.79 Å². The molecule has 0 unspecified atom stereocenters. The third-order valence-corrected chi connectivity index (χ3v) is 4.53. The summed E-state index contributed by atoms with van der Waals surface area (Å²) in [5, 5.41) is 0. The van der Waals surface area contributed by atoms with Crippen LogP contribution in [0.15, 0.2) is 23.1 Å². The van der Waals surface area contributed by atoms with E-state index >= 15 is 0 Å². The Kier molecular flexibility index (Phi) is 4.97. The summed E-state index contributed by atoms with van der Waals surface area (Å²) in [7, 11) is -3.46. The van der Waals surface area contributed by atoms with Crippen LogP contribution < -0.4 is 0 Å². The maximum atomic E-state index is 12.2. The number of hydrogen-bond donors (Lipinski definition) is 0. The lowest BCUT2D eigenvalue weighted by molar-refractivity contribution is -0.154. The van der Waals surface area contributed by atoms with E-state index in [4.69, 9.17) is 4.74 Å². The van der Waals surface area contributed by atoms with Crippen LogP contribution in [0.2, 0.25) is 0 Å². The zero-order chi connectivity index (χ0) is 15.6. The van der Waals surface area contributed by atoms with E-state index in [1.165, 1.54) is 0 Å². The van der Waals surface area contributed by atoms with Gasteiger partial charge < -0.3 is 4.74 Å². The third-order valence-electron chi connectivity index (χ3n) is 2.66. The lowest BCUT2D eigenvalue weighted by atomic mass is 10.2. The van der Waals surface area contributed by atoms with Crippen molar-refractivity contribution in [2.45, 2.75) is 51.5 Å². The molecule has 0 aliphatic heterocycles. The van der Waals surface area contributed by atoms with E-state index in [1.807, 2.05) is 13.0 Å². The second-order valence-corrected chi connectivity index (χ2v) is 8.00. The minimum absolute atomic E-state index is 0.132. The lowest BCUT2D eigenvalue weighted by Gasteiger charge is -2.19. The molecule has 1 aromatic carbocycles. The minimum Gasteiger partial charge on any atom is -0.460 e. The molecule has 0 amide bonds. The minimum atomic E-state index is -3.46. The first-order valence-electron chi connectivity index (χ1n) is 6.53. The van der Waals surface area contributed by atoms with Crippen LogP contribution in [0, 0.1) is 13.8 Å². The predicted octanol–water partition coefficient (Wildman–Crippen LogP) is 2.81. The molecular formula is C15H22O4S. The van der Waals surface area contributed by atoms with Crippen LogP contribution in [0.25, 0.3) is 0 Å². The van der Waals surface area contributed by atoms with E-state index in [0.717, 1.165) is 5.56 Å². The van der Waals surface area contributed by atoms with Gasteiger partial charge in [0.15, 0.2) is 9.84 Å². The average Bonchev–Trinajstić information content (AvgIpc) is 2.23. The summed E-state index contributed by atoms with van der Waals surface area (Å²) in [6.07, 6.45) is -0.132. The first kappa shape index (κ1) is 16.7. The Labute approximate surface area is 121 Å². The summed E-state index contributed by atoms with van der Waals surface area (Å²) in [6, 6.07) is 5.17. The van der Waals surface area contributed by atoms with Gasteiger partial charge >= 0.3 is 5.97 Å². The molecule has 0 atom stereocenters. The Morgan fingerprint density at radius 1 is 1.20 bits per heavy atom. The fourth-order valence-electron chi connectivity index (χ4n) is 1.87. The molecule has 0 bridgehead atoms. The summed E-state index contributed by atoms with van der Waals surface area (Å²) in [4.78, 5) is 11.9. The van der Waals surface area contributed by atoms with Crippen molar-refractivity contribution in [1.82, 2.24) is 0 Å². The monoisotopic (exact) mass is 298 g/mol. The number of ether oxygens (including phenoxy) is 1. The van der Waals surface area contributed by atoms with Gasteiger partial charge in [-0.15, -0.1) is 0 Å². The molecule has 0 aliphatic rings. The quantitative estimate of drug-likeness (QED) is 0.802. The molecule has 0 saturated carbocycles. The van der Waals surface area contributed by atoms with E-state index < -0.39 is 21.4 Å². The van der Waals surface area contributed by atoms with Crippen molar-refractivity contribution in [3.63, 3.8) is 0 Å². The van der Waals surface area contributed by atoms with Crippen LogP contribution in [-0.4, -0.2) is 25.7 Å². The van der Waals surface area contributed by atoms with Crippen molar-refractivity contribution in [3.05, 3.63) is 29.3 Å². The highest BCUT2D eigenvalue weighted by atomic mass is 32.2. The van der Waals surface area contributed by atoms with Crippen LogP contribution >= 0.6 is 0 Å². The van der Waals surface area contributed by atoms with Gasteiger partial charge in [-0.2, -0.15) is 0 Å². The van der Waals surface area contributed by atoms with Crippen molar-refractivity contribution in [3.8, 4) is 0 Å². The number of benzene rings is 1. The zero-order valence-electron chi connectivity index (χ0n) is 12.7. The standard InChI is InChI=1S/C15H22O4S/c1-11-6-7-13(12(2)10-11)20(17,18)9-8-14(16)19-15(3,4)5/h6-7,10H,8-9H2,1-5H3. The molecule has 20 heavy (non-hydrogen) atoms. The molecular weight excluding hydrogens is 276 g/mol. The Hall–Kier alpha value is -1.36. The Morgan fingerprint density at radius 2 is 1.80 bits per heavy atom. The first-order valence-corrected chi connectivity index (χ1v) is 8.18. The molecule has 0 N–H and O–H groups in total. The Morgan fingerprint density at radius 3 is 2.30 bits per heavy atom. The van der Waals surface area contributed by atoms with Crippen LogP contribution in [0.4, 0.5) is 0 Å². The maximum absolute atomic E-state index is 12.2. The first-order chi connectivity index (χ1) is 9.01. The van der Waals surface area contributed by atoms with Gasteiger partial charge in [0.05, 0.1) is 17.1 Å². The molecule has 1 aromatic rings. The molecule has 0 aromatic heterocycles. The highest BCUT2D eigenvalue weighted by Crippen LogP contribution is 2.19. The van der Waals surface area contributed by atoms with E-state index in [0.29, 0.717) is 5.56 Å². The van der Waals surface area contributed by atoms with E-state index in [-0.39, 0.29) is 17.1 Å². The van der Waals surface area contributed by atoms with E-state index in [9.17, 15) is 13.2 Å². The van der Waals surface area contributed by atoms with Gasteiger partial charge in [0, 0.05) is 0 Å². The number of carbonyl (C=O) groups is 1. The van der Waals surface area contributed by atoms with Crippen molar-refractivity contribution < 1.29 is 17.9 Å². The summed E-state index contributed by atoms with van der Waals surface area (Å²) in [6.45, 7) is 8.92. The van der Waals surface area contributed by atoms with Crippen molar-refractivity contribution in [2.24, 2.45) is 0 Å². The molecule has 5 heteroatoms. The van der Waals surface area contributed by atoms with Gasteiger partial charge in [0.25, 0.3) is 0 Å². The smallest absolute Gasteiger partial charge is 0.307 e. The molecule has 0 radical (unpaired) electrons. The number of aryl methyl sites for hydroxylation is 2. The van der Waals surface area contributed by atoms with Gasteiger partial charge in [0.2, 0.25) is 0 Å². The van der Waals surface area contributed by atoms with Gasteiger partial charge in [-0.05, 0) is 46.2 Å². The molecule has 0 spiro atoms. The van der Waals surface area contributed by atoms with Crippen LogP contribution in [0.1, 0.15) is 38.3 Å². The lowest BCUT2D eigenvalue weighted by Crippen LogP contribution is -2.25. The SMILES string of the molecule is Cc1ccc(S(=O)(=O)CCC(=O)OC(C)(C)C)c(C)c1. The summed E-state index contributed by atoms with van der Waals surface area (Å²) in [5.74, 6) is -0.725. The van der Waals surface area contributed by atoms with Crippen molar-refractivity contribution in [2.75, 3.05) is 5.75 Å². The molecule has 4 nitrogen and oxygen atoms in total. The van der Waals surface area contributed by atoms with Crippen LogP contribution in [0.3, 0.4) is 0 Å². The average molecular weight is 298 g/mol. The van der Waals surface area contributed by atoms with Gasteiger partial charge in [-0.1, -0.05) is 17.7 Å². The molecule has 0 aliphatic carbocycles. The largest absolute Gasteiger partial charge is 0.460 e. The van der Waals surface area contributed by atoms with Crippen molar-refractivity contribution >= 4 is 15.8 Å². The summed E-state index contributed by atoms with van der Waals surface area (Å²) >= 11 is 0. The Bertz CT molecular complexity index is 595. The van der Waals surface area contributed by atoms with E-state index in [1.54, 1.807) is 39.8 Å². The Balaban J connectivity index is 2.78. The third kappa shape index (κ3) is 4.96. The normalized spacial score (nSPS) is 12.2.